The molecule has 0 bridgehead atoms. The fourth-order valence-electron chi connectivity index (χ4n) is 3.28. The molecule has 0 spiro atoms. The molecule has 1 aliphatic rings. The average Bonchev–Trinajstić information content (AvgIpc) is 2.48. The predicted octanol–water partition coefficient (Wildman–Crippen LogP) is 2.17. The number of benzene rings is 1. The summed E-state index contributed by atoms with van der Waals surface area (Å²) in [5, 5.41) is 3.28. The van der Waals surface area contributed by atoms with Gasteiger partial charge in [-0.05, 0) is 31.4 Å². The Morgan fingerprint density at radius 2 is 1.95 bits per heavy atom. The Kier molecular flexibility index (Phi) is 4.96. The van der Waals surface area contributed by atoms with Crippen molar-refractivity contribution in [1.29, 1.82) is 0 Å². The summed E-state index contributed by atoms with van der Waals surface area (Å²) in [6.45, 7) is 3.48. The highest BCUT2D eigenvalue weighted by Crippen LogP contribution is 2.42. The van der Waals surface area contributed by atoms with E-state index >= 15 is 0 Å². The van der Waals surface area contributed by atoms with Crippen LogP contribution >= 0.6 is 0 Å². The summed E-state index contributed by atoms with van der Waals surface area (Å²) < 4.78 is 4.83. The zero-order valence-electron chi connectivity index (χ0n) is 13.1. The smallest absolute Gasteiger partial charge is 0.316 e. The maximum Gasteiger partial charge on any atom is 0.316 e. The van der Waals surface area contributed by atoms with Crippen LogP contribution in [0.5, 0.6) is 0 Å². The van der Waals surface area contributed by atoms with Crippen LogP contribution in [-0.4, -0.2) is 31.2 Å². The first-order chi connectivity index (χ1) is 10.5. The van der Waals surface area contributed by atoms with Gasteiger partial charge in [0.2, 0.25) is 0 Å². The second-order valence-corrected chi connectivity index (χ2v) is 5.77. The van der Waals surface area contributed by atoms with Gasteiger partial charge in [0.05, 0.1) is 7.11 Å². The molecule has 1 heterocycles. The largest absolute Gasteiger partial charge is 0.468 e. The van der Waals surface area contributed by atoms with E-state index in [1.165, 1.54) is 21.0 Å². The Hall–Kier alpha value is -2.17. The Morgan fingerprint density at radius 1 is 1.27 bits per heavy atom. The maximum atomic E-state index is 12.1. The van der Waals surface area contributed by atoms with Crippen LogP contribution in [0.3, 0.4) is 0 Å². The molecular weight excluding hydrogens is 282 g/mol. The lowest BCUT2D eigenvalue weighted by Crippen LogP contribution is -2.39. The summed E-state index contributed by atoms with van der Waals surface area (Å²) in [5.74, 6) is -2.06. The highest BCUT2D eigenvalue weighted by molar-refractivity contribution is 5.99. The van der Waals surface area contributed by atoms with Gasteiger partial charge in [0.15, 0.2) is 0 Å². The minimum absolute atomic E-state index is 0.0448. The molecule has 22 heavy (non-hydrogen) atoms. The van der Waals surface area contributed by atoms with E-state index in [0.29, 0.717) is 13.0 Å². The summed E-state index contributed by atoms with van der Waals surface area (Å²) in [5.41, 5.74) is 1.80. The van der Waals surface area contributed by atoms with Gasteiger partial charge in [-0.2, -0.15) is 0 Å². The number of para-hydroxylation sites is 1. The van der Waals surface area contributed by atoms with Crippen LogP contribution in [-0.2, 0) is 19.1 Å². The number of Topliss-reactive ketones (excluding diaryl/α,β-unsaturated/α-hetero) is 2. The number of hydrogen-bond acceptors (Lipinski definition) is 5. The molecule has 0 aliphatic carbocycles. The van der Waals surface area contributed by atoms with Crippen molar-refractivity contribution in [3.05, 3.63) is 29.8 Å². The molecule has 2 rings (SSSR count). The fraction of sp³-hybridized carbons (Fsp3) is 0.471. The van der Waals surface area contributed by atoms with Gasteiger partial charge in [0, 0.05) is 24.6 Å². The van der Waals surface area contributed by atoms with Crippen molar-refractivity contribution in [1.82, 2.24) is 0 Å². The highest BCUT2D eigenvalue weighted by atomic mass is 16.5. The third kappa shape index (κ3) is 3.18. The summed E-state index contributed by atoms with van der Waals surface area (Å²) in [6.07, 6.45) is 0.326. The molecule has 0 aromatic heterocycles. The summed E-state index contributed by atoms with van der Waals surface area (Å²) in [6, 6.07) is 7.59. The van der Waals surface area contributed by atoms with Gasteiger partial charge in [-0.15, -0.1) is 0 Å². The molecule has 0 amide bonds. The summed E-state index contributed by atoms with van der Waals surface area (Å²) in [7, 11) is 1.28. The highest BCUT2D eigenvalue weighted by Gasteiger charge is 2.42. The van der Waals surface area contributed by atoms with Crippen LogP contribution in [0.15, 0.2) is 24.3 Å². The zero-order valence-corrected chi connectivity index (χ0v) is 13.1. The third-order valence-corrected chi connectivity index (χ3v) is 4.18. The molecule has 1 aromatic rings. The average molecular weight is 303 g/mol. The standard InChI is InChI=1S/C17H21NO4/c1-10(19)8-12-9-18-14-7-5-4-6-13(14)16(12)15(11(2)20)17(21)22-3/h4-7,12,15-16,18H,8-9H2,1-3H3. The van der Waals surface area contributed by atoms with Crippen molar-refractivity contribution < 1.29 is 19.1 Å². The lowest BCUT2D eigenvalue weighted by Gasteiger charge is -2.37. The number of carbonyl (C=O) groups excluding carboxylic acids is 3. The molecule has 1 N–H and O–H groups in total. The monoisotopic (exact) mass is 303 g/mol. The molecule has 0 saturated heterocycles. The maximum absolute atomic E-state index is 12.1. The minimum Gasteiger partial charge on any atom is -0.468 e. The number of fused-ring (bicyclic) bond motifs is 1. The van der Waals surface area contributed by atoms with E-state index in [9.17, 15) is 14.4 Å². The summed E-state index contributed by atoms with van der Waals surface area (Å²) >= 11 is 0. The van der Waals surface area contributed by atoms with Crippen LogP contribution in [0, 0.1) is 11.8 Å². The van der Waals surface area contributed by atoms with Gasteiger partial charge < -0.3 is 14.8 Å². The molecule has 118 valence electrons. The number of ketones is 2. The first kappa shape index (κ1) is 16.2. The molecule has 0 radical (unpaired) electrons. The van der Waals surface area contributed by atoms with Gasteiger partial charge in [-0.1, -0.05) is 18.2 Å². The molecule has 1 aromatic carbocycles. The number of ether oxygens (including phenoxy) is 1. The van der Waals surface area contributed by atoms with Crippen molar-refractivity contribution in [3.8, 4) is 0 Å². The van der Waals surface area contributed by atoms with E-state index < -0.39 is 11.9 Å². The second kappa shape index (κ2) is 6.73. The van der Waals surface area contributed by atoms with Gasteiger partial charge >= 0.3 is 5.97 Å². The van der Waals surface area contributed by atoms with E-state index in [1.54, 1.807) is 0 Å². The molecule has 1 aliphatic heterocycles. The van der Waals surface area contributed by atoms with E-state index in [1.807, 2.05) is 24.3 Å². The van der Waals surface area contributed by atoms with Crippen molar-refractivity contribution in [2.24, 2.45) is 11.8 Å². The molecule has 0 fully saturated rings. The van der Waals surface area contributed by atoms with E-state index in [0.717, 1.165) is 11.3 Å². The van der Waals surface area contributed by atoms with Gasteiger partial charge in [-0.25, -0.2) is 0 Å². The number of anilines is 1. The molecule has 5 heteroatoms. The van der Waals surface area contributed by atoms with Crippen molar-refractivity contribution in [3.63, 3.8) is 0 Å². The van der Waals surface area contributed by atoms with Crippen LogP contribution in [0.4, 0.5) is 5.69 Å². The first-order valence-corrected chi connectivity index (χ1v) is 7.36. The van der Waals surface area contributed by atoms with E-state index in [-0.39, 0.29) is 23.4 Å². The Balaban J connectivity index is 2.49. The molecule has 3 unspecified atom stereocenters. The quantitative estimate of drug-likeness (QED) is 0.666. The Bertz CT molecular complexity index is 596. The molecule has 5 nitrogen and oxygen atoms in total. The number of methoxy groups -OCH3 is 1. The number of nitrogens with one attached hydrogen (secondary N) is 1. The zero-order chi connectivity index (χ0) is 16.3. The SMILES string of the molecule is COC(=O)C(C(C)=O)C1c2ccccc2NCC1CC(C)=O. The van der Waals surface area contributed by atoms with Crippen molar-refractivity contribution in [2.45, 2.75) is 26.2 Å². The van der Waals surface area contributed by atoms with Gasteiger partial charge in [0.25, 0.3) is 0 Å². The normalized spacial score (nSPS) is 21.2. The van der Waals surface area contributed by atoms with Crippen LogP contribution < -0.4 is 5.32 Å². The van der Waals surface area contributed by atoms with E-state index in [2.05, 4.69) is 5.32 Å². The Morgan fingerprint density at radius 3 is 2.55 bits per heavy atom. The lowest BCUT2D eigenvalue weighted by molar-refractivity contribution is -0.150. The van der Waals surface area contributed by atoms with Gasteiger partial charge in [-0.3, -0.25) is 9.59 Å². The van der Waals surface area contributed by atoms with Crippen molar-refractivity contribution >= 4 is 23.2 Å². The van der Waals surface area contributed by atoms with E-state index in [4.69, 9.17) is 4.74 Å². The molecule has 3 atom stereocenters. The number of hydrogen-bond donors (Lipinski definition) is 1. The van der Waals surface area contributed by atoms with Crippen LogP contribution in [0.2, 0.25) is 0 Å². The fourth-order valence-corrected chi connectivity index (χ4v) is 3.28. The number of carbonyl (C=O) groups is 3. The Labute approximate surface area is 130 Å². The van der Waals surface area contributed by atoms with Crippen LogP contribution in [0.1, 0.15) is 31.7 Å². The topological polar surface area (TPSA) is 72.5 Å². The molecule has 0 saturated carbocycles. The number of esters is 1. The number of rotatable bonds is 5. The third-order valence-electron chi connectivity index (χ3n) is 4.18. The van der Waals surface area contributed by atoms with Crippen molar-refractivity contribution in [2.75, 3.05) is 19.0 Å². The van der Waals surface area contributed by atoms with Crippen LogP contribution in [0.25, 0.3) is 0 Å². The second-order valence-electron chi connectivity index (χ2n) is 5.77. The predicted molar refractivity (Wildman–Crippen MR) is 82.6 cm³/mol. The lowest BCUT2D eigenvalue weighted by atomic mass is 9.71. The molecular formula is C17H21NO4. The summed E-state index contributed by atoms with van der Waals surface area (Å²) in [4.78, 5) is 35.8. The minimum atomic E-state index is -0.877. The first-order valence-electron chi connectivity index (χ1n) is 7.36. The van der Waals surface area contributed by atoms with Gasteiger partial charge in [0.1, 0.15) is 17.5 Å².